The van der Waals surface area contributed by atoms with E-state index < -0.39 is 17.5 Å². The summed E-state index contributed by atoms with van der Waals surface area (Å²) in [6.45, 7) is 3.23. The molecule has 0 unspecified atom stereocenters. The molecule has 0 fully saturated rings. The summed E-state index contributed by atoms with van der Waals surface area (Å²) < 4.78 is 5.07. The highest BCUT2D eigenvalue weighted by molar-refractivity contribution is 6.02. The summed E-state index contributed by atoms with van der Waals surface area (Å²) in [5.41, 5.74) is 2.36. The third kappa shape index (κ3) is 4.20. The zero-order chi connectivity index (χ0) is 18.6. The first-order chi connectivity index (χ1) is 11.8. The molecule has 0 saturated heterocycles. The molecule has 0 bridgehead atoms. The van der Waals surface area contributed by atoms with Crippen molar-refractivity contribution < 1.29 is 19.2 Å². The Kier molecular flexibility index (Phi) is 5.49. The molecule has 0 atom stereocenters. The molecule has 0 heterocycles. The average molecular weight is 342 g/mol. The van der Waals surface area contributed by atoms with Crippen molar-refractivity contribution in [2.24, 2.45) is 0 Å². The number of aryl methyl sites for hydroxylation is 2. The first kappa shape index (κ1) is 18.1. The van der Waals surface area contributed by atoms with Crippen LogP contribution in [0.15, 0.2) is 36.4 Å². The number of rotatable bonds is 6. The maximum atomic E-state index is 12.3. The Hall–Kier alpha value is -3.22. The number of carbonyl (C=O) groups excluding carboxylic acids is 2. The number of ether oxygens (including phenoxy) is 1. The normalized spacial score (nSPS) is 10.2. The molecule has 25 heavy (non-hydrogen) atoms. The number of nitrogens with one attached hydrogen (secondary N) is 1. The second-order valence-electron chi connectivity index (χ2n) is 5.55. The third-order valence-electron chi connectivity index (χ3n) is 3.73. The summed E-state index contributed by atoms with van der Waals surface area (Å²) in [6.07, 6.45) is 0. The van der Waals surface area contributed by atoms with Crippen molar-refractivity contribution in [3.05, 3.63) is 68.8 Å². The summed E-state index contributed by atoms with van der Waals surface area (Å²) in [5.74, 6) is -1.13. The fourth-order valence-corrected chi connectivity index (χ4v) is 2.36. The van der Waals surface area contributed by atoms with Gasteiger partial charge in [0.15, 0.2) is 6.61 Å². The Labute approximate surface area is 144 Å². The largest absolute Gasteiger partial charge is 0.454 e. The fourth-order valence-electron chi connectivity index (χ4n) is 2.36. The van der Waals surface area contributed by atoms with Crippen molar-refractivity contribution >= 4 is 23.1 Å². The molecule has 0 saturated carbocycles. The van der Waals surface area contributed by atoms with E-state index in [0.717, 1.165) is 17.2 Å². The number of nitro groups is 1. The molecule has 0 amide bonds. The Morgan fingerprint density at radius 2 is 1.84 bits per heavy atom. The number of non-ortho nitro benzene ring substituents is 1. The molecule has 2 aromatic rings. The maximum Gasteiger partial charge on any atom is 0.340 e. The molecule has 0 radical (unpaired) electrons. The molecule has 2 rings (SSSR count). The smallest absolute Gasteiger partial charge is 0.340 e. The van der Waals surface area contributed by atoms with Crippen LogP contribution in [-0.2, 0) is 4.74 Å². The van der Waals surface area contributed by atoms with Crippen LogP contribution in [0.3, 0.4) is 0 Å². The van der Waals surface area contributed by atoms with Crippen LogP contribution in [0.4, 0.5) is 11.4 Å². The van der Waals surface area contributed by atoms with E-state index in [1.165, 1.54) is 12.1 Å². The van der Waals surface area contributed by atoms with Gasteiger partial charge in [-0.2, -0.15) is 0 Å². The Morgan fingerprint density at radius 1 is 1.12 bits per heavy atom. The highest BCUT2D eigenvalue weighted by Gasteiger charge is 2.19. The van der Waals surface area contributed by atoms with Gasteiger partial charge in [-0.25, -0.2) is 4.79 Å². The molecule has 7 heteroatoms. The number of carbonyl (C=O) groups is 2. The average Bonchev–Trinajstić information content (AvgIpc) is 2.60. The van der Waals surface area contributed by atoms with Crippen molar-refractivity contribution in [2.75, 3.05) is 19.0 Å². The van der Waals surface area contributed by atoms with Gasteiger partial charge in [0.25, 0.3) is 5.69 Å². The minimum Gasteiger partial charge on any atom is -0.454 e. The number of hydrogen-bond donors (Lipinski definition) is 1. The minimum atomic E-state index is -0.799. The summed E-state index contributed by atoms with van der Waals surface area (Å²) in [4.78, 5) is 34.8. The van der Waals surface area contributed by atoms with Crippen molar-refractivity contribution in [3.8, 4) is 0 Å². The van der Waals surface area contributed by atoms with Crippen molar-refractivity contribution in [2.45, 2.75) is 13.8 Å². The van der Waals surface area contributed by atoms with Crippen LogP contribution < -0.4 is 5.32 Å². The van der Waals surface area contributed by atoms with E-state index >= 15 is 0 Å². The lowest BCUT2D eigenvalue weighted by molar-refractivity contribution is -0.384. The van der Waals surface area contributed by atoms with Crippen LogP contribution >= 0.6 is 0 Å². The summed E-state index contributed by atoms with van der Waals surface area (Å²) in [5, 5.41) is 13.6. The second kappa shape index (κ2) is 7.57. The summed E-state index contributed by atoms with van der Waals surface area (Å²) in [6, 6.07) is 9.27. The molecule has 0 aromatic heterocycles. The van der Waals surface area contributed by atoms with Crippen molar-refractivity contribution in [3.63, 3.8) is 0 Å². The van der Waals surface area contributed by atoms with E-state index in [1.807, 2.05) is 19.1 Å². The van der Waals surface area contributed by atoms with Crippen LogP contribution in [0, 0.1) is 24.0 Å². The SMILES string of the molecule is CNc1ccc([N+](=O)[O-])cc1C(=O)OCC(=O)c1cc(C)ccc1C. The number of ketones is 1. The zero-order valence-corrected chi connectivity index (χ0v) is 14.2. The van der Waals surface area contributed by atoms with Crippen LogP contribution in [-0.4, -0.2) is 30.3 Å². The maximum absolute atomic E-state index is 12.3. The molecule has 0 aliphatic heterocycles. The number of Topliss-reactive ketones (excluding diaryl/α,β-unsaturated/α-hetero) is 1. The van der Waals surface area contributed by atoms with Crippen LogP contribution in [0.25, 0.3) is 0 Å². The monoisotopic (exact) mass is 342 g/mol. The van der Waals surface area contributed by atoms with Gasteiger partial charge in [-0.3, -0.25) is 14.9 Å². The lowest BCUT2D eigenvalue weighted by atomic mass is 10.0. The molecule has 2 aromatic carbocycles. The standard InChI is InChI=1S/C18H18N2O5/c1-11-4-5-12(2)14(8-11)17(21)10-25-18(22)15-9-13(20(23)24)6-7-16(15)19-3/h4-9,19H,10H2,1-3H3. The van der Waals surface area contributed by atoms with E-state index in [2.05, 4.69) is 5.32 Å². The number of nitro benzene ring substituents is 1. The number of anilines is 1. The minimum absolute atomic E-state index is 0.00506. The van der Waals surface area contributed by atoms with Gasteiger partial charge < -0.3 is 10.1 Å². The highest BCUT2D eigenvalue weighted by atomic mass is 16.6. The van der Waals surface area contributed by atoms with E-state index in [9.17, 15) is 19.7 Å². The molecule has 7 nitrogen and oxygen atoms in total. The van der Waals surface area contributed by atoms with E-state index in [0.29, 0.717) is 11.3 Å². The molecule has 130 valence electrons. The van der Waals surface area contributed by atoms with Crippen molar-refractivity contribution in [1.82, 2.24) is 0 Å². The highest BCUT2D eigenvalue weighted by Crippen LogP contribution is 2.23. The van der Waals surface area contributed by atoms with E-state index in [4.69, 9.17) is 4.74 Å². The van der Waals surface area contributed by atoms with Gasteiger partial charge in [0.1, 0.15) is 0 Å². The molecule has 1 N–H and O–H groups in total. The van der Waals surface area contributed by atoms with E-state index in [1.54, 1.807) is 20.0 Å². The predicted molar refractivity (Wildman–Crippen MR) is 93.2 cm³/mol. The van der Waals surface area contributed by atoms with Gasteiger partial charge in [-0.1, -0.05) is 17.7 Å². The van der Waals surface area contributed by atoms with E-state index in [-0.39, 0.29) is 17.0 Å². The molecule has 0 aliphatic rings. The number of benzene rings is 2. The topological polar surface area (TPSA) is 98.5 Å². The lowest BCUT2D eigenvalue weighted by Gasteiger charge is -2.10. The third-order valence-corrected chi connectivity index (χ3v) is 3.73. The number of nitrogens with zero attached hydrogens (tertiary/aromatic N) is 1. The Morgan fingerprint density at radius 3 is 2.48 bits per heavy atom. The quantitative estimate of drug-likeness (QED) is 0.374. The summed E-state index contributed by atoms with van der Waals surface area (Å²) >= 11 is 0. The van der Waals surface area contributed by atoms with Gasteiger partial charge in [0.2, 0.25) is 5.78 Å². The summed E-state index contributed by atoms with van der Waals surface area (Å²) in [7, 11) is 1.58. The van der Waals surface area contributed by atoms with Crippen molar-refractivity contribution in [1.29, 1.82) is 0 Å². The van der Waals surface area contributed by atoms with Gasteiger partial charge >= 0.3 is 5.97 Å². The van der Waals surface area contributed by atoms with Gasteiger partial charge in [-0.15, -0.1) is 0 Å². The van der Waals surface area contributed by atoms with Crippen LogP contribution in [0.1, 0.15) is 31.8 Å². The molecule has 0 aliphatic carbocycles. The van der Waals surface area contributed by atoms with Gasteiger partial charge in [0.05, 0.1) is 10.5 Å². The van der Waals surface area contributed by atoms with Crippen LogP contribution in [0.2, 0.25) is 0 Å². The van der Waals surface area contributed by atoms with Gasteiger partial charge in [-0.05, 0) is 31.5 Å². The Balaban J connectivity index is 2.17. The van der Waals surface area contributed by atoms with Gasteiger partial charge in [0, 0.05) is 30.4 Å². The lowest BCUT2D eigenvalue weighted by Crippen LogP contribution is -2.16. The fraction of sp³-hybridized carbons (Fsp3) is 0.222. The second-order valence-corrected chi connectivity index (χ2v) is 5.55. The molecule has 0 spiro atoms. The number of hydrogen-bond acceptors (Lipinski definition) is 6. The zero-order valence-electron chi connectivity index (χ0n) is 14.2. The number of esters is 1. The first-order valence-electron chi connectivity index (χ1n) is 7.57. The first-order valence-corrected chi connectivity index (χ1v) is 7.57. The molecular weight excluding hydrogens is 324 g/mol. The molecular formula is C18H18N2O5. The Bertz CT molecular complexity index is 845. The predicted octanol–water partition coefficient (Wildman–Crippen LogP) is 3.29. The van der Waals surface area contributed by atoms with Crippen LogP contribution in [0.5, 0.6) is 0 Å².